The first kappa shape index (κ1) is 25.1. The fourth-order valence-corrected chi connectivity index (χ4v) is 3.64. The van der Waals surface area contributed by atoms with Crippen LogP contribution in [0.15, 0.2) is 42.5 Å². The monoisotopic (exact) mass is 468 g/mol. The van der Waals surface area contributed by atoms with Crippen molar-refractivity contribution in [2.24, 2.45) is 0 Å². The van der Waals surface area contributed by atoms with Crippen molar-refractivity contribution in [3.05, 3.63) is 48.0 Å². The number of carboxylic acid groups (broad SMARTS) is 1. The molecule has 0 bridgehead atoms. The molecule has 2 aromatic carbocycles. The maximum absolute atomic E-state index is 11.7. The molecule has 0 unspecified atom stereocenters. The van der Waals surface area contributed by atoms with Crippen molar-refractivity contribution < 1.29 is 29.2 Å². The van der Waals surface area contributed by atoms with Crippen LogP contribution in [0.3, 0.4) is 0 Å². The molecule has 0 radical (unpaired) electrons. The van der Waals surface area contributed by atoms with Gasteiger partial charge in [0.15, 0.2) is 11.5 Å². The Kier molecular flexibility index (Phi) is 8.54. The fraction of sp³-hybridized carbons (Fsp3) is 0.385. The third kappa shape index (κ3) is 5.51. The van der Waals surface area contributed by atoms with E-state index in [1.54, 1.807) is 37.1 Å². The molecule has 8 nitrogen and oxygen atoms in total. The zero-order chi connectivity index (χ0) is 24.7. The molecule has 0 saturated heterocycles. The maximum atomic E-state index is 11.7. The van der Waals surface area contributed by atoms with Crippen LogP contribution in [0.5, 0.6) is 17.2 Å². The van der Waals surface area contributed by atoms with Gasteiger partial charge in [-0.25, -0.2) is 4.79 Å². The number of unbranched alkanes of at least 4 members (excludes halogenated alkanes) is 1. The van der Waals surface area contributed by atoms with Crippen molar-refractivity contribution in [3.63, 3.8) is 0 Å². The van der Waals surface area contributed by atoms with E-state index < -0.39 is 12.1 Å². The zero-order valence-corrected chi connectivity index (χ0v) is 20.1. The molecule has 3 rings (SSSR count). The van der Waals surface area contributed by atoms with E-state index in [9.17, 15) is 15.0 Å². The van der Waals surface area contributed by atoms with Gasteiger partial charge in [-0.1, -0.05) is 26.3 Å². The second-order valence-electron chi connectivity index (χ2n) is 7.92. The Morgan fingerprint density at radius 3 is 2.50 bits per heavy atom. The molecule has 1 atom stereocenters. The fourth-order valence-electron chi connectivity index (χ4n) is 3.64. The molecule has 3 aromatic rings. The van der Waals surface area contributed by atoms with Crippen LogP contribution in [0.2, 0.25) is 0 Å². The molecule has 0 aliphatic rings. The molecule has 1 aromatic heterocycles. The van der Waals surface area contributed by atoms with Crippen LogP contribution in [-0.2, 0) is 6.54 Å². The van der Waals surface area contributed by atoms with Crippen LogP contribution in [0.1, 0.15) is 43.5 Å². The quantitative estimate of drug-likeness (QED) is 0.365. The highest BCUT2D eigenvalue weighted by Crippen LogP contribution is 2.40. The van der Waals surface area contributed by atoms with Gasteiger partial charge in [-0.3, -0.25) is 4.68 Å². The normalized spacial score (nSPS) is 11.8. The van der Waals surface area contributed by atoms with E-state index >= 15 is 0 Å². The highest BCUT2D eigenvalue weighted by molar-refractivity contribution is 5.90. The molecule has 34 heavy (non-hydrogen) atoms. The number of para-hydroxylation sites is 1. The third-order valence-electron chi connectivity index (χ3n) is 5.57. The molecule has 1 heterocycles. The van der Waals surface area contributed by atoms with Crippen LogP contribution < -0.4 is 14.2 Å². The number of aromatic nitrogens is 2. The molecule has 0 aliphatic carbocycles. The highest BCUT2D eigenvalue weighted by atomic mass is 16.5. The Morgan fingerprint density at radius 1 is 1.06 bits per heavy atom. The van der Waals surface area contributed by atoms with Gasteiger partial charge < -0.3 is 24.4 Å². The predicted octanol–water partition coefficient (Wildman–Crippen LogP) is 4.88. The minimum Gasteiger partial charge on any atom is -0.493 e. The van der Waals surface area contributed by atoms with Crippen molar-refractivity contribution in [2.45, 2.75) is 45.8 Å². The largest absolute Gasteiger partial charge is 0.493 e. The second-order valence-corrected chi connectivity index (χ2v) is 7.92. The number of hydrogen-bond donors (Lipinski definition) is 2. The minimum absolute atomic E-state index is 0.140. The van der Waals surface area contributed by atoms with Gasteiger partial charge in [0.05, 0.1) is 50.4 Å². The topological polar surface area (TPSA) is 103 Å². The minimum atomic E-state index is -1.03. The number of benzene rings is 2. The lowest BCUT2D eigenvalue weighted by atomic mass is 10.0. The van der Waals surface area contributed by atoms with Crippen molar-refractivity contribution in [3.8, 4) is 39.8 Å². The van der Waals surface area contributed by atoms with Gasteiger partial charge in [0.25, 0.3) is 0 Å². The van der Waals surface area contributed by atoms with Crippen LogP contribution in [0.4, 0.5) is 0 Å². The summed E-state index contributed by atoms with van der Waals surface area (Å²) in [5, 5.41) is 24.7. The number of rotatable bonds is 12. The van der Waals surface area contributed by atoms with Crippen LogP contribution in [-0.4, -0.2) is 52.9 Å². The summed E-state index contributed by atoms with van der Waals surface area (Å²) in [5.41, 5.74) is 2.70. The summed E-state index contributed by atoms with van der Waals surface area (Å²) in [7, 11) is 3.14. The van der Waals surface area contributed by atoms with Gasteiger partial charge in [0, 0.05) is 11.1 Å². The summed E-state index contributed by atoms with van der Waals surface area (Å²) in [5.74, 6) is 0.643. The Morgan fingerprint density at radius 2 is 1.85 bits per heavy atom. The number of ether oxygens (including phenoxy) is 3. The average Bonchev–Trinajstić information content (AvgIpc) is 3.26. The molecule has 8 heteroatoms. The molecule has 0 fully saturated rings. The molecule has 182 valence electrons. The van der Waals surface area contributed by atoms with E-state index in [-0.39, 0.29) is 12.1 Å². The molecule has 2 N–H and O–H groups in total. The number of aliphatic hydroxyl groups is 1. The molecular weight excluding hydrogens is 436 g/mol. The van der Waals surface area contributed by atoms with Crippen LogP contribution in [0, 0.1) is 0 Å². The van der Waals surface area contributed by atoms with E-state index in [1.165, 1.54) is 6.07 Å². The molecule has 0 amide bonds. The Hall–Kier alpha value is -3.52. The second kappa shape index (κ2) is 11.6. The number of carbonyl (C=O) groups is 1. The third-order valence-corrected chi connectivity index (χ3v) is 5.57. The molecule has 0 saturated carbocycles. The number of aliphatic hydroxyl groups excluding tert-OH is 1. The summed E-state index contributed by atoms with van der Waals surface area (Å²) in [6, 6.07) is 12.2. The highest BCUT2D eigenvalue weighted by Gasteiger charge is 2.21. The number of aromatic carboxylic acids is 1. The van der Waals surface area contributed by atoms with Crippen LogP contribution >= 0.6 is 0 Å². The predicted molar refractivity (Wildman–Crippen MR) is 130 cm³/mol. The SMILES string of the molecule is CCCCOc1ccc(C(=O)O)cc1-c1cc(-c2cccc(OC)c2OC)n(C[C@@H](O)CC)n1. The van der Waals surface area contributed by atoms with Gasteiger partial charge in [-0.15, -0.1) is 0 Å². The lowest BCUT2D eigenvalue weighted by molar-refractivity contribution is 0.0697. The van der Waals surface area contributed by atoms with Gasteiger partial charge >= 0.3 is 5.97 Å². The lowest BCUT2D eigenvalue weighted by Gasteiger charge is -2.15. The average molecular weight is 469 g/mol. The molecule has 0 spiro atoms. The Bertz CT molecular complexity index is 1120. The standard InChI is InChI=1S/C26H32N2O6/c1-5-7-13-34-23-12-11-17(26(30)31)14-20(23)21-15-22(28(27-21)16-18(29)6-2)19-9-8-10-24(32-3)25(19)33-4/h8-12,14-15,18,29H,5-7,13,16H2,1-4H3,(H,30,31)/t18-/m0/s1. The van der Waals surface area contributed by atoms with Gasteiger partial charge in [0.2, 0.25) is 0 Å². The Balaban J connectivity index is 2.19. The van der Waals surface area contributed by atoms with E-state index in [2.05, 4.69) is 6.92 Å². The first-order chi connectivity index (χ1) is 16.4. The Labute approximate surface area is 199 Å². The van der Waals surface area contributed by atoms with Crippen molar-refractivity contribution >= 4 is 5.97 Å². The summed E-state index contributed by atoms with van der Waals surface area (Å²) >= 11 is 0. The molecule has 0 aliphatic heterocycles. The number of methoxy groups -OCH3 is 2. The summed E-state index contributed by atoms with van der Waals surface area (Å²) < 4.78 is 18.8. The van der Waals surface area contributed by atoms with E-state index in [1.807, 2.05) is 25.1 Å². The zero-order valence-electron chi connectivity index (χ0n) is 20.1. The number of nitrogens with zero attached hydrogens (tertiary/aromatic N) is 2. The summed E-state index contributed by atoms with van der Waals surface area (Å²) in [6.07, 6.45) is 1.81. The van der Waals surface area contributed by atoms with E-state index in [4.69, 9.17) is 19.3 Å². The smallest absolute Gasteiger partial charge is 0.335 e. The van der Waals surface area contributed by atoms with Crippen molar-refractivity contribution in [2.75, 3.05) is 20.8 Å². The van der Waals surface area contributed by atoms with Gasteiger partial charge in [-0.2, -0.15) is 5.10 Å². The van der Waals surface area contributed by atoms with Crippen molar-refractivity contribution in [1.82, 2.24) is 9.78 Å². The first-order valence-corrected chi connectivity index (χ1v) is 11.4. The summed E-state index contributed by atoms with van der Waals surface area (Å²) in [6.45, 7) is 4.75. The maximum Gasteiger partial charge on any atom is 0.335 e. The van der Waals surface area contributed by atoms with Gasteiger partial charge in [0.1, 0.15) is 5.75 Å². The number of carboxylic acids is 1. The van der Waals surface area contributed by atoms with Gasteiger partial charge in [-0.05, 0) is 49.2 Å². The summed E-state index contributed by atoms with van der Waals surface area (Å²) in [4.78, 5) is 11.7. The van der Waals surface area contributed by atoms with Crippen molar-refractivity contribution in [1.29, 1.82) is 0 Å². The first-order valence-electron chi connectivity index (χ1n) is 11.4. The van der Waals surface area contributed by atoms with Crippen LogP contribution in [0.25, 0.3) is 22.5 Å². The lowest BCUT2D eigenvalue weighted by Crippen LogP contribution is -2.16. The van der Waals surface area contributed by atoms with E-state index in [0.717, 1.165) is 18.4 Å². The number of hydrogen-bond acceptors (Lipinski definition) is 6. The van der Waals surface area contributed by atoms with E-state index in [0.29, 0.717) is 47.2 Å². The molecular formula is C26H32N2O6.